The summed E-state index contributed by atoms with van der Waals surface area (Å²) in [5.41, 5.74) is 0. The highest BCUT2D eigenvalue weighted by Crippen LogP contribution is 2.11. The molecule has 2 heterocycles. The fourth-order valence-corrected chi connectivity index (χ4v) is 1.82. The van der Waals surface area contributed by atoms with Gasteiger partial charge in [0.2, 0.25) is 5.95 Å². The average molecular weight is 276 g/mol. The molecule has 0 saturated carbocycles. The number of nitrogens with zero attached hydrogens (tertiary/aromatic N) is 5. The van der Waals surface area contributed by atoms with Gasteiger partial charge < -0.3 is 14.6 Å². The van der Waals surface area contributed by atoms with E-state index in [4.69, 9.17) is 4.74 Å². The van der Waals surface area contributed by atoms with E-state index >= 15 is 0 Å². The Morgan fingerprint density at radius 1 is 1.25 bits per heavy atom. The largest absolute Gasteiger partial charge is 0.467 e. The maximum absolute atomic E-state index is 5.12. The topological polar surface area (TPSA) is 77.8 Å². The van der Waals surface area contributed by atoms with E-state index in [-0.39, 0.29) is 0 Å². The Morgan fingerprint density at radius 2 is 2.10 bits per heavy atom. The van der Waals surface area contributed by atoms with Crippen LogP contribution in [0.2, 0.25) is 0 Å². The summed E-state index contributed by atoms with van der Waals surface area (Å²) < 4.78 is 7.19. The number of aryl methyl sites for hydroxylation is 1. The second-order valence-electron chi connectivity index (χ2n) is 4.29. The molecule has 0 aliphatic rings. The van der Waals surface area contributed by atoms with Crippen molar-refractivity contribution in [1.82, 2.24) is 24.5 Å². The first-order valence-corrected chi connectivity index (χ1v) is 6.79. The molecule has 108 valence electrons. The van der Waals surface area contributed by atoms with Gasteiger partial charge in [0.1, 0.15) is 11.6 Å². The van der Waals surface area contributed by atoms with Crippen LogP contribution in [0.5, 0.6) is 6.01 Å². The number of methoxy groups -OCH3 is 1. The Morgan fingerprint density at radius 3 is 2.80 bits per heavy atom. The summed E-state index contributed by atoms with van der Waals surface area (Å²) in [4.78, 5) is 17.2. The number of ether oxygens (including phenoxy) is 1. The van der Waals surface area contributed by atoms with Crippen molar-refractivity contribution in [2.45, 2.75) is 33.2 Å². The first-order valence-electron chi connectivity index (χ1n) is 6.79. The van der Waals surface area contributed by atoms with E-state index in [9.17, 15) is 0 Å². The van der Waals surface area contributed by atoms with E-state index in [1.807, 2.05) is 6.20 Å². The minimum absolute atomic E-state index is 0.322. The van der Waals surface area contributed by atoms with Gasteiger partial charge >= 0.3 is 6.01 Å². The summed E-state index contributed by atoms with van der Waals surface area (Å²) in [6, 6.07) is 0.322. The van der Waals surface area contributed by atoms with E-state index in [0.717, 1.165) is 25.3 Å². The second kappa shape index (κ2) is 6.83. The highest BCUT2D eigenvalue weighted by atomic mass is 16.5. The minimum atomic E-state index is 0.322. The predicted molar refractivity (Wildman–Crippen MR) is 75.9 cm³/mol. The Balaban J connectivity index is 2.21. The zero-order valence-electron chi connectivity index (χ0n) is 12.1. The molecular formula is C13H20N6O. The van der Waals surface area contributed by atoms with Gasteiger partial charge in [0, 0.05) is 25.5 Å². The lowest BCUT2D eigenvalue weighted by Gasteiger charge is -2.08. The molecule has 1 N–H and O–H groups in total. The molecule has 20 heavy (non-hydrogen) atoms. The summed E-state index contributed by atoms with van der Waals surface area (Å²) in [6.07, 6.45) is 5.29. The van der Waals surface area contributed by atoms with Crippen LogP contribution in [0.15, 0.2) is 12.4 Å². The summed E-state index contributed by atoms with van der Waals surface area (Å²) in [6.45, 7) is 5.85. The van der Waals surface area contributed by atoms with Crippen LogP contribution in [0, 0.1) is 0 Å². The first-order chi connectivity index (χ1) is 9.76. The second-order valence-corrected chi connectivity index (χ2v) is 4.29. The maximum Gasteiger partial charge on any atom is 0.321 e. The van der Waals surface area contributed by atoms with Gasteiger partial charge in [-0.05, 0) is 13.3 Å². The molecular weight excluding hydrogens is 256 g/mol. The Bertz CT molecular complexity index is 554. The van der Waals surface area contributed by atoms with Gasteiger partial charge in [-0.1, -0.05) is 6.92 Å². The van der Waals surface area contributed by atoms with Gasteiger partial charge in [0.05, 0.1) is 13.5 Å². The molecule has 7 nitrogen and oxygen atoms in total. The van der Waals surface area contributed by atoms with Crippen LogP contribution in [-0.2, 0) is 13.0 Å². The van der Waals surface area contributed by atoms with Crippen molar-refractivity contribution in [3.63, 3.8) is 0 Å². The van der Waals surface area contributed by atoms with Gasteiger partial charge in [0.25, 0.3) is 0 Å². The molecule has 0 unspecified atom stereocenters. The summed E-state index contributed by atoms with van der Waals surface area (Å²) >= 11 is 0. The van der Waals surface area contributed by atoms with E-state index in [0.29, 0.717) is 24.2 Å². The van der Waals surface area contributed by atoms with Crippen molar-refractivity contribution in [3.05, 3.63) is 24.0 Å². The van der Waals surface area contributed by atoms with Gasteiger partial charge in [-0.3, -0.25) is 0 Å². The molecule has 0 bridgehead atoms. The fourth-order valence-electron chi connectivity index (χ4n) is 1.82. The molecule has 0 aliphatic carbocycles. The number of hydrogen-bond donors (Lipinski definition) is 1. The van der Waals surface area contributed by atoms with E-state index in [1.165, 1.54) is 0 Å². The van der Waals surface area contributed by atoms with Crippen LogP contribution in [0.4, 0.5) is 5.95 Å². The number of anilines is 1. The van der Waals surface area contributed by atoms with Crippen molar-refractivity contribution in [1.29, 1.82) is 0 Å². The quantitative estimate of drug-likeness (QED) is 0.826. The lowest BCUT2D eigenvalue weighted by atomic mass is 10.3. The zero-order chi connectivity index (χ0) is 14.4. The Hall–Kier alpha value is -2.18. The van der Waals surface area contributed by atoms with Crippen molar-refractivity contribution in [2.75, 3.05) is 19.0 Å². The number of rotatable bonds is 7. The van der Waals surface area contributed by atoms with Gasteiger partial charge in [-0.15, -0.1) is 0 Å². The van der Waals surface area contributed by atoms with E-state index in [2.05, 4.69) is 43.7 Å². The fraction of sp³-hybridized carbons (Fsp3) is 0.538. The monoisotopic (exact) mass is 276 g/mol. The molecule has 0 saturated heterocycles. The number of imidazole rings is 1. The molecule has 7 heteroatoms. The van der Waals surface area contributed by atoms with Crippen molar-refractivity contribution in [3.8, 4) is 6.01 Å². The molecule has 0 amide bonds. The molecule has 0 spiro atoms. The molecule has 2 aromatic heterocycles. The van der Waals surface area contributed by atoms with Crippen molar-refractivity contribution >= 4 is 5.95 Å². The molecule has 2 rings (SSSR count). The third-order valence-electron chi connectivity index (χ3n) is 2.84. The summed E-state index contributed by atoms with van der Waals surface area (Å²) in [5.74, 6) is 2.13. The Labute approximate surface area is 118 Å². The zero-order valence-corrected chi connectivity index (χ0v) is 12.1. The number of hydrogen-bond acceptors (Lipinski definition) is 6. The highest BCUT2D eigenvalue weighted by Gasteiger charge is 2.10. The lowest BCUT2D eigenvalue weighted by Crippen LogP contribution is -2.11. The van der Waals surface area contributed by atoms with Crippen LogP contribution in [-0.4, -0.2) is 38.2 Å². The van der Waals surface area contributed by atoms with Crippen molar-refractivity contribution in [2.24, 2.45) is 0 Å². The maximum atomic E-state index is 5.12. The van der Waals surface area contributed by atoms with E-state index in [1.54, 1.807) is 13.3 Å². The molecule has 2 aromatic rings. The minimum Gasteiger partial charge on any atom is -0.467 e. The molecule has 0 atom stereocenters. The summed E-state index contributed by atoms with van der Waals surface area (Å²) in [5, 5.41) is 3.15. The van der Waals surface area contributed by atoms with Crippen LogP contribution in [0.25, 0.3) is 0 Å². The normalized spacial score (nSPS) is 10.6. The van der Waals surface area contributed by atoms with Crippen LogP contribution in [0.3, 0.4) is 0 Å². The number of aromatic nitrogens is 5. The molecule has 0 fully saturated rings. The molecule has 0 aliphatic heterocycles. The Kier molecular flexibility index (Phi) is 4.86. The van der Waals surface area contributed by atoms with Gasteiger partial charge in [-0.25, -0.2) is 4.98 Å². The first kappa shape index (κ1) is 14.2. The third-order valence-corrected chi connectivity index (χ3v) is 2.84. The molecule has 0 aromatic carbocycles. The van der Waals surface area contributed by atoms with Crippen molar-refractivity contribution < 1.29 is 4.74 Å². The van der Waals surface area contributed by atoms with E-state index < -0.39 is 0 Å². The smallest absolute Gasteiger partial charge is 0.321 e. The predicted octanol–water partition coefficient (Wildman–Crippen LogP) is 1.51. The lowest BCUT2D eigenvalue weighted by molar-refractivity contribution is 0.376. The van der Waals surface area contributed by atoms with Crippen LogP contribution in [0.1, 0.15) is 31.9 Å². The summed E-state index contributed by atoms with van der Waals surface area (Å²) in [7, 11) is 1.55. The van der Waals surface area contributed by atoms with Crippen LogP contribution < -0.4 is 10.1 Å². The van der Waals surface area contributed by atoms with Crippen LogP contribution >= 0.6 is 0 Å². The highest BCUT2D eigenvalue weighted by molar-refractivity contribution is 5.26. The van der Waals surface area contributed by atoms with Gasteiger partial charge in [-0.2, -0.15) is 15.0 Å². The average Bonchev–Trinajstić information content (AvgIpc) is 2.92. The third kappa shape index (κ3) is 3.43. The number of nitrogens with one attached hydrogen (secondary N) is 1. The molecule has 0 radical (unpaired) electrons. The standard InChI is InChI=1S/C13H20N6O/c1-4-6-15-12-16-10(17-13(18-12)20-3)9-11-14-7-8-19(11)5-2/h7-8H,4-6,9H2,1-3H3,(H,15,16,17,18). The van der Waals surface area contributed by atoms with Gasteiger partial charge in [0.15, 0.2) is 0 Å². The SMILES string of the molecule is CCCNc1nc(Cc2nccn2CC)nc(OC)n1.